The van der Waals surface area contributed by atoms with E-state index in [1.54, 1.807) is 15.5 Å². The molecule has 6 nitrogen and oxygen atoms in total. The largest absolute Gasteiger partial charge is 0.366 e. The summed E-state index contributed by atoms with van der Waals surface area (Å²) < 4.78 is 32.4. The van der Waals surface area contributed by atoms with E-state index in [0.717, 1.165) is 25.3 Å². The molecule has 0 bridgehead atoms. The maximum absolute atomic E-state index is 15.7. The van der Waals surface area contributed by atoms with Crippen LogP contribution in [0.1, 0.15) is 25.3 Å². The number of nitrogens with zero attached hydrogens (tertiary/aromatic N) is 2. The Labute approximate surface area is 158 Å². The third-order valence-electron chi connectivity index (χ3n) is 5.93. The fourth-order valence-electron chi connectivity index (χ4n) is 4.38. The van der Waals surface area contributed by atoms with Gasteiger partial charge >= 0.3 is 0 Å². The van der Waals surface area contributed by atoms with Gasteiger partial charge in [-0.3, -0.25) is 9.59 Å². The molecular formula is C20H20F2N4O2. The van der Waals surface area contributed by atoms with Crippen LogP contribution in [0.2, 0.25) is 0 Å². The lowest BCUT2D eigenvalue weighted by atomic mass is 10.1. The van der Waals surface area contributed by atoms with Gasteiger partial charge in [-0.15, -0.1) is 0 Å². The first-order valence-corrected chi connectivity index (χ1v) is 9.54. The molecule has 1 aliphatic heterocycles. The number of fused-ring (bicyclic) bond motifs is 2. The summed E-state index contributed by atoms with van der Waals surface area (Å²) in [4.78, 5) is 29.4. The van der Waals surface area contributed by atoms with Gasteiger partial charge < -0.3 is 20.2 Å². The molecule has 0 radical (unpaired) electrons. The summed E-state index contributed by atoms with van der Waals surface area (Å²) in [6.45, 7) is 1.46. The molecule has 8 heteroatoms. The zero-order chi connectivity index (χ0) is 19.6. The maximum atomic E-state index is 15.7. The summed E-state index contributed by atoms with van der Waals surface area (Å²) in [6.07, 6.45) is 3.87. The number of benzene rings is 1. The summed E-state index contributed by atoms with van der Waals surface area (Å²) >= 11 is 0. The summed E-state index contributed by atoms with van der Waals surface area (Å²) in [5.41, 5.74) is 4.89. The van der Waals surface area contributed by atoms with Crippen LogP contribution in [-0.2, 0) is 0 Å². The molecule has 2 aromatic heterocycles. The smallest absolute Gasteiger partial charge is 0.261 e. The van der Waals surface area contributed by atoms with Gasteiger partial charge in [0.05, 0.1) is 16.4 Å². The van der Waals surface area contributed by atoms with E-state index in [2.05, 4.69) is 4.98 Å². The van der Waals surface area contributed by atoms with Crippen LogP contribution in [-0.4, -0.2) is 29.2 Å². The Hall–Kier alpha value is -2.74. The van der Waals surface area contributed by atoms with E-state index in [-0.39, 0.29) is 33.9 Å². The molecule has 2 aliphatic rings. The van der Waals surface area contributed by atoms with Gasteiger partial charge in [0.25, 0.3) is 5.56 Å². The molecule has 3 aromatic rings. The Morgan fingerprint density at radius 2 is 2.00 bits per heavy atom. The van der Waals surface area contributed by atoms with Gasteiger partial charge in [0.15, 0.2) is 5.82 Å². The normalized spacial score (nSPS) is 19.8. The molecule has 1 aliphatic carbocycles. The summed E-state index contributed by atoms with van der Waals surface area (Å²) in [6, 6.07) is 2.69. The Morgan fingerprint density at radius 3 is 2.68 bits per heavy atom. The van der Waals surface area contributed by atoms with Gasteiger partial charge in [-0.2, -0.15) is 0 Å². The van der Waals surface area contributed by atoms with Gasteiger partial charge in [-0.1, -0.05) is 0 Å². The molecular weight excluding hydrogens is 366 g/mol. The minimum Gasteiger partial charge on any atom is -0.366 e. The van der Waals surface area contributed by atoms with Crippen molar-refractivity contribution in [3.05, 3.63) is 50.5 Å². The van der Waals surface area contributed by atoms with Crippen LogP contribution in [0.15, 0.2) is 27.9 Å². The SMILES string of the molecule is NCC1CCN(c2c(F)cc3c(=O)c4c(=O)[nH]ccc4n(C4CC4)c3c2F)C1. The zero-order valence-corrected chi connectivity index (χ0v) is 15.2. The number of aromatic amines is 1. The Kier molecular flexibility index (Phi) is 3.80. The number of rotatable bonds is 3. The average molecular weight is 386 g/mol. The molecule has 0 amide bonds. The van der Waals surface area contributed by atoms with Crippen LogP contribution in [0.25, 0.3) is 21.8 Å². The van der Waals surface area contributed by atoms with Gasteiger partial charge in [0.1, 0.15) is 16.9 Å². The molecule has 1 saturated heterocycles. The van der Waals surface area contributed by atoms with Crippen molar-refractivity contribution in [1.82, 2.24) is 9.55 Å². The first kappa shape index (κ1) is 17.4. The lowest BCUT2D eigenvalue weighted by Crippen LogP contribution is -2.26. The van der Waals surface area contributed by atoms with Gasteiger partial charge in [-0.25, -0.2) is 8.78 Å². The van der Waals surface area contributed by atoms with Crippen molar-refractivity contribution in [2.75, 3.05) is 24.5 Å². The van der Waals surface area contributed by atoms with E-state index in [0.29, 0.717) is 25.2 Å². The Balaban J connectivity index is 1.88. The predicted molar refractivity (Wildman–Crippen MR) is 104 cm³/mol. The predicted octanol–water partition coefficient (Wildman–Crippen LogP) is 2.24. The quantitative estimate of drug-likeness (QED) is 0.677. The molecule has 0 spiro atoms. The van der Waals surface area contributed by atoms with E-state index in [1.807, 2.05) is 0 Å². The second-order valence-corrected chi connectivity index (χ2v) is 7.75. The highest BCUT2D eigenvalue weighted by atomic mass is 19.1. The van der Waals surface area contributed by atoms with Crippen LogP contribution >= 0.6 is 0 Å². The van der Waals surface area contributed by atoms with E-state index < -0.39 is 22.6 Å². The summed E-state index contributed by atoms with van der Waals surface area (Å²) in [5.74, 6) is -1.33. The van der Waals surface area contributed by atoms with Gasteiger partial charge in [0.2, 0.25) is 5.43 Å². The number of hydrogen-bond donors (Lipinski definition) is 2. The van der Waals surface area contributed by atoms with Gasteiger partial charge in [0, 0.05) is 25.3 Å². The number of H-pyrrole nitrogens is 1. The molecule has 1 atom stereocenters. The fourth-order valence-corrected chi connectivity index (χ4v) is 4.38. The molecule has 3 heterocycles. The molecule has 5 rings (SSSR count). The standard InChI is InChI=1S/C20H20F2N4O2/c21-13-7-12-17(16(22)18(13)25-6-4-10(8-23)9-25)26(11-1-2-11)14-3-5-24-20(28)15(14)19(12)27/h3,5,7,10-11H,1-2,4,6,8-9,23H2,(H,24,28). The first-order chi connectivity index (χ1) is 13.5. The Morgan fingerprint density at radius 1 is 1.21 bits per heavy atom. The van der Waals surface area contributed by atoms with Crippen molar-refractivity contribution in [1.29, 1.82) is 0 Å². The second-order valence-electron chi connectivity index (χ2n) is 7.75. The van der Waals surface area contributed by atoms with E-state index in [1.165, 1.54) is 6.20 Å². The highest BCUT2D eigenvalue weighted by molar-refractivity contribution is 5.95. The summed E-state index contributed by atoms with van der Waals surface area (Å²) in [7, 11) is 0. The number of halogens is 2. The third kappa shape index (κ3) is 2.40. The molecule has 2 fully saturated rings. The monoisotopic (exact) mass is 386 g/mol. The topological polar surface area (TPSA) is 84.1 Å². The van der Waals surface area contributed by atoms with Crippen molar-refractivity contribution in [3.63, 3.8) is 0 Å². The van der Waals surface area contributed by atoms with E-state index in [9.17, 15) is 14.0 Å². The minimum absolute atomic E-state index is 0.00409. The van der Waals surface area contributed by atoms with Crippen molar-refractivity contribution in [2.45, 2.75) is 25.3 Å². The van der Waals surface area contributed by atoms with Crippen molar-refractivity contribution in [3.8, 4) is 0 Å². The fraction of sp³-hybridized carbons (Fsp3) is 0.400. The van der Waals surface area contributed by atoms with Gasteiger partial charge in [-0.05, 0) is 43.9 Å². The highest BCUT2D eigenvalue weighted by Gasteiger charge is 2.33. The van der Waals surface area contributed by atoms with Crippen molar-refractivity contribution >= 4 is 27.5 Å². The van der Waals surface area contributed by atoms with E-state index in [4.69, 9.17) is 5.73 Å². The second kappa shape index (κ2) is 6.13. The molecule has 1 saturated carbocycles. The highest BCUT2D eigenvalue weighted by Crippen LogP contribution is 2.41. The number of aromatic nitrogens is 2. The van der Waals surface area contributed by atoms with Crippen LogP contribution < -0.4 is 21.6 Å². The maximum Gasteiger partial charge on any atom is 0.261 e. The van der Waals surface area contributed by atoms with Crippen LogP contribution in [0.5, 0.6) is 0 Å². The van der Waals surface area contributed by atoms with E-state index >= 15 is 4.39 Å². The number of nitrogens with one attached hydrogen (secondary N) is 1. The third-order valence-corrected chi connectivity index (χ3v) is 5.93. The average Bonchev–Trinajstić information content (AvgIpc) is 3.40. The lowest BCUT2D eigenvalue weighted by molar-refractivity contribution is 0.572. The number of anilines is 1. The van der Waals surface area contributed by atoms with Crippen molar-refractivity contribution < 1.29 is 8.78 Å². The number of hydrogen-bond acceptors (Lipinski definition) is 4. The number of nitrogens with two attached hydrogens (primary N) is 1. The molecule has 146 valence electrons. The summed E-state index contributed by atoms with van der Waals surface area (Å²) in [5, 5.41) is -0.151. The van der Waals surface area contributed by atoms with Crippen LogP contribution in [0, 0.1) is 17.6 Å². The first-order valence-electron chi connectivity index (χ1n) is 9.54. The minimum atomic E-state index is -0.783. The Bertz CT molecular complexity index is 1230. The molecule has 28 heavy (non-hydrogen) atoms. The van der Waals surface area contributed by atoms with Crippen LogP contribution in [0.3, 0.4) is 0 Å². The lowest BCUT2D eigenvalue weighted by Gasteiger charge is -2.23. The molecule has 1 unspecified atom stereocenters. The number of pyridine rings is 2. The molecule has 3 N–H and O–H groups in total. The van der Waals surface area contributed by atoms with Crippen molar-refractivity contribution in [2.24, 2.45) is 11.7 Å². The zero-order valence-electron chi connectivity index (χ0n) is 15.2. The molecule has 1 aromatic carbocycles. The van der Waals surface area contributed by atoms with Crippen LogP contribution in [0.4, 0.5) is 14.5 Å².